The Morgan fingerprint density at radius 3 is 1.25 bits per heavy atom. The van der Waals surface area contributed by atoms with Crippen molar-refractivity contribution in [3.05, 3.63) is 24.5 Å². The van der Waals surface area contributed by atoms with Crippen LogP contribution in [0.1, 0.15) is 0 Å². The van der Waals surface area contributed by atoms with Crippen molar-refractivity contribution < 1.29 is 42.1 Å². The molecule has 1 aromatic rings. The van der Waals surface area contributed by atoms with Crippen LogP contribution in [0.15, 0.2) is 24.5 Å². The van der Waals surface area contributed by atoms with Crippen LogP contribution in [0.2, 0.25) is 0 Å². The molecule has 0 radical (unpaired) electrons. The van der Waals surface area contributed by atoms with E-state index in [1.54, 1.807) is 12.4 Å². The second kappa shape index (κ2) is 7.46. The van der Waals surface area contributed by atoms with Gasteiger partial charge in [0, 0.05) is 54.5 Å². The van der Waals surface area contributed by atoms with E-state index in [4.69, 9.17) is 0 Å². The summed E-state index contributed by atoms with van der Waals surface area (Å²) in [6.45, 7) is 0. The van der Waals surface area contributed by atoms with E-state index in [1.165, 1.54) is 0 Å². The SMILES string of the molecule is [Pt].[Pt].c1ccnnc1. The van der Waals surface area contributed by atoms with Crippen LogP contribution in [0.25, 0.3) is 0 Å². The van der Waals surface area contributed by atoms with Crippen molar-refractivity contribution in [2.75, 3.05) is 0 Å². The Kier molecular flexibility index (Phi) is 10.5. The maximum atomic E-state index is 3.53. The molecule has 4 heteroatoms. The van der Waals surface area contributed by atoms with Gasteiger partial charge >= 0.3 is 0 Å². The van der Waals surface area contributed by atoms with E-state index >= 15 is 0 Å². The van der Waals surface area contributed by atoms with Gasteiger partial charge in [-0.15, -0.1) is 0 Å². The third-order valence-corrected chi connectivity index (χ3v) is 0.483. The van der Waals surface area contributed by atoms with Crippen molar-refractivity contribution in [3.8, 4) is 0 Å². The molecule has 1 aromatic heterocycles. The number of aromatic nitrogens is 2. The fourth-order valence-electron chi connectivity index (χ4n) is 0.253. The van der Waals surface area contributed by atoms with Crippen molar-refractivity contribution in [3.63, 3.8) is 0 Å². The number of nitrogens with zero attached hydrogens (tertiary/aromatic N) is 2. The summed E-state index contributed by atoms with van der Waals surface area (Å²) < 4.78 is 0. The first kappa shape index (κ1) is 11.3. The maximum absolute atomic E-state index is 3.53. The van der Waals surface area contributed by atoms with Gasteiger partial charge in [-0.2, -0.15) is 10.2 Å². The zero-order valence-corrected chi connectivity index (χ0v) is 8.38. The predicted octanol–water partition coefficient (Wildman–Crippen LogP) is 0.472. The van der Waals surface area contributed by atoms with Crippen molar-refractivity contribution in [2.24, 2.45) is 0 Å². The molecule has 2 nitrogen and oxygen atoms in total. The van der Waals surface area contributed by atoms with Crippen LogP contribution in [0.4, 0.5) is 0 Å². The average molecular weight is 470 g/mol. The van der Waals surface area contributed by atoms with Gasteiger partial charge in [-0.05, 0) is 12.1 Å². The van der Waals surface area contributed by atoms with Gasteiger partial charge in [0.2, 0.25) is 0 Å². The first-order chi connectivity index (χ1) is 3.00. The first-order valence-electron chi connectivity index (χ1n) is 1.72. The molecule has 1 rings (SSSR count). The Morgan fingerprint density at radius 1 is 0.750 bits per heavy atom. The normalized spacial score (nSPS) is 6.00. The van der Waals surface area contributed by atoms with Crippen molar-refractivity contribution in [2.45, 2.75) is 0 Å². The van der Waals surface area contributed by atoms with Crippen LogP contribution in [0.3, 0.4) is 0 Å². The largest absolute Gasteiger partial charge is 0.159 e. The molecule has 0 saturated carbocycles. The van der Waals surface area contributed by atoms with E-state index in [-0.39, 0.29) is 42.1 Å². The topological polar surface area (TPSA) is 25.8 Å². The molecule has 0 aliphatic heterocycles. The van der Waals surface area contributed by atoms with Gasteiger partial charge in [0.25, 0.3) is 0 Å². The molecule has 0 amide bonds. The fourth-order valence-corrected chi connectivity index (χ4v) is 0.253. The molecule has 0 aromatic carbocycles. The van der Waals surface area contributed by atoms with Crippen LogP contribution in [-0.2, 0) is 42.1 Å². The summed E-state index contributed by atoms with van der Waals surface area (Å²) in [6, 6.07) is 3.65. The smallest absolute Gasteiger partial charge is 0.0496 e. The van der Waals surface area contributed by atoms with Gasteiger partial charge in [-0.3, -0.25) is 0 Å². The van der Waals surface area contributed by atoms with Crippen LogP contribution in [0, 0.1) is 0 Å². The van der Waals surface area contributed by atoms with Crippen molar-refractivity contribution in [1.82, 2.24) is 10.2 Å². The molecule has 0 fully saturated rings. The minimum absolute atomic E-state index is 0. The van der Waals surface area contributed by atoms with E-state index in [0.717, 1.165) is 0 Å². The molecule has 0 aliphatic carbocycles. The van der Waals surface area contributed by atoms with Gasteiger partial charge in [0.15, 0.2) is 0 Å². The standard InChI is InChI=1S/C4H4N2.2Pt/c1-2-4-6-5-3-1;;/h1-4H;;. The molecule has 50 valence electrons. The second-order valence-corrected chi connectivity index (χ2v) is 0.914. The molecule has 0 aliphatic rings. The summed E-state index contributed by atoms with van der Waals surface area (Å²) >= 11 is 0. The Balaban J connectivity index is 0. The molecule has 8 heavy (non-hydrogen) atoms. The summed E-state index contributed by atoms with van der Waals surface area (Å²) in [5.41, 5.74) is 0. The average Bonchev–Trinajstić information content (AvgIpc) is 1.72. The van der Waals surface area contributed by atoms with Gasteiger partial charge < -0.3 is 0 Å². The summed E-state index contributed by atoms with van der Waals surface area (Å²) in [7, 11) is 0. The van der Waals surface area contributed by atoms with Crippen molar-refractivity contribution >= 4 is 0 Å². The third-order valence-electron chi connectivity index (χ3n) is 0.483. The van der Waals surface area contributed by atoms with Crippen LogP contribution in [-0.4, -0.2) is 10.2 Å². The Bertz CT molecular complexity index is 84.0. The fraction of sp³-hybridized carbons (Fsp3) is 0. The van der Waals surface area contributed by atoms with Crippen LogP contribution in [0.5, 0.6) is 0 Å². The third kappa shape index (κ3) is 4.61. The van der Waals surface area contributed by atoms with E-state index < -0.39 is 0 Å². The quantitative estimate of drug-likeness (QED) is 0.552. The van der Waals surface area contributed by atoms with Gasteiger partial charge in [0.1, 0.15) is 0 Å². The Labute approximate surface area is 76.6 Å². The Hall–Kier alpha value is 0.457. The molecule has 0 saturated heterocycles. The second-order valence-electron chi connectivity index (χ2n) is 0.914. The number of hydrogen-bond donors (Lipinski definition) is 0. The minimum Gasteiger partial charge on any atom is -0.159 e. The summed E-state index contributed by atoms with van der Waals surface area (Å²) in [4.78, 5) is 0. The van der Waals surface area contributed by atoms with E-state index in [0.29, 0.717) is 0 Å². The monoisotopic (exact) mass is 470 g/mol. The summed E-state index contributed by atoms with van der Waals surface area (Å²) in [6.07, 6.45) is 3.28. The van der Waals surface area contributed by atoms with Gasteiger partial charge in [0.05, 0.1) is 0 Å². The zero-order chi connectivity index (χ0) is 4.24. The molecule has 0 atom stereocenters. The molecular weight excluding hydrogens is 466 g/mol. The maximum Gasteiger partial charge on any atom is 0.0496 e. The molecule has 0 unspecified atom stereocenters. The van der Waals surface area contributed by atoms with Crippen molar-refractivity contribution in [1.29, 1.82) is 0 Å². The molecular formula is C4H4N2Pt2. The predicted molar refractivity (Wildman–Crippen MR) is 22.0 cm³/mol. The van der Waals surface area contributed by atoms with Crippen LogP contribution < -0.4 is 0 Å². The van der Waals surface area contributed by atoms with Gasteiger partial charge in [-0.1, -0.05) is 0 Å². The number of hydrogen-bond acceptors (Lipinski definition) is 2. The first-order valence-corrected chi connectivity index (χ1v) is 1.72. The Morgan fingerprint density at radius 2 is 1.12 bits per heavy atom. The van der Waals surface area contributed by atoms with E-state index in [2.05, 4.69) is 10.2 Å². The summed E-state index contributed by atoms with van der Waals surface area (Å²) in [5.74, 6) is 0. The molecule has 1 heterocycles. The van der Waals surface area contributed by atoms with E-state index in [9.17, 15) is 0 Å². The molecule has 0 spiro atoms. The number of rotatable bonds is 0. The summed E-state index contributed by atoms with van der Waals surface area (Å²) in [5, 5.41) is 7.07. The minimum atomic E-state index is 0. The molecule has 0 N–H and O–H groups in total. The molecule has 0 bridgehead atoms. The van der Waals surface area contributed by atoms with E-state index in [1.807, 2.05) is 12.1 Å². The van der Waals surface area contributed by atoms with Gasteiger partial charge in [-0.25, -0.2) is 0 Å². The zero-order valence-electron chi connectivity index (χ0n) is 3.84. The van der Waals surface area contributed by atoms with Crippen LogP contribution >= 0.6 is 0 Å².